The molecule has 0 spiro atoms. The average Bonchev–Trinajstić information content (AvgIpc) is 2.76. The molecule has 0 atom stereocenters. The number of hydrogen-bond acceptors (Lipinski definition) is 6. The van der Waals surface area contributed by atoms with E-state index in [1.165, 1.54) is 7.11 Å². The Balaban J connectivity index is 1.97. The Morgan fingerprint density at radius 3 is 2.24 bits per heavy atom. The summed E-state index contributed by atoms with van der Waals surface area (Å²) in [5.41, 5.74) is 1.36. The van der Waals surface area contributed by atoms with Crippen LogP contribution in [0.15, 0.2) is 42.5 Å². The van der Waals surface area contributed by atoms with Gasteiger partial charge in [0, 0.05) is 13.1 Å². The van der Waals surface area contributed by atoms with Crippen molar-refractivity contribution in [3.05, 3.63) is 53.6 Å². The second kappa shape index (κ2) is 10.9. The van der Waals surface area contributed by atoms with E-state index >= 15 is 0 Å². The molecule has 156 valence electrons. The molecule has 2 aromatic rings. The number of rotatable bonds is 10. The van der Waals surface area contributed by atoms with Gasteiger partial charge in [0.05, 0.1) is 26.4 Å². The highest BCUT2D eigenvalue weighted by Crippen LogP contribution is 2.28. The van der Waals surface area contributed by atoms with Crippen molar-refractivity contribution in [3.63, 3.8) is 0 Å². The van der Waals surface area contributed by atoms with E-state index in [1.807, 2.05) is 32.0 Å². The summed E-state index contributed by atoms with van der Waals surface area (Å²) in [6.07, 6.45) is 0. The Morgan fingerprint density at radius 1 is 0.931 bits per heavy atom. The number of carbonyl (C=O) groups excluding carboxylic acids is 2. The van der Waals surface area contributed by atoms with Crippen molar-refractivity contribution in [2.75, 3.05) is 34.0 Å². The summed E-state index contributed by atoms with van der Waals surface area (Å²) in [7, 11) is 2.91. The standard InChI is InChI=1S/C22H27NO6/c1-5-23(14-16-7-12-19(28-6-2)20(13-16)26-3)21(24)15-29-18-10-8-17(9-11-18)22(25)27-4/h7-13H,5-6,14-15H2,1-4H3. The first-order valence-corrected chi connectivity index (χ1v) is 9.41. The number of carbonyl (C=O) groups is 2. The summed E-state index contributed by atoms with van der Waals surface area (Å²) in [4.78, 5) is 25.7. The van der Waals surface area contributed by atoms with Crippen LogP contribution in [0.2, 0.25) is 0 Å². The minimum absolute atomic E-state index is 0.0976. The van der Waals surface area contributed by atoms with Crippen LogP contribution in [-0.2, 0) is 16.1 Å². The van der Waals surface area contributed by atoms with Gasteiger partial charge in [0.15, 0.2) is 18.1 Å². The van der Waals surface area contributed by atoms with Crippen LogP contribution in [0.1, 0.15) is 29.8 Å². The summed E-state index contributed by atoms with van der Waals surface area (Å²) >= 11 is 0. The molecule has 0 fully saturated rings. The maximum absolute atomic E-state index is 12.6. The second-order valence-corrected chi connectivity index (χ2v) is 6.13. The van der Waals surface area contributed by atoms with E-state index in [0.717, 1.165) is 5.56 Å². The number of ether oxygens (including phenoxy) is 4. The van der Waals surface area contributed by atoms with Crippen LogP contribution in [0, 0.1) is 0 Å². The van der Waals surface area contributed by atoms with Crippen LogP contribution >= 0.6 is 0 Å². The third kappa shape index (κ3) is 6.14. The highest BCUT2D eigenvalue weighted by Gasteiger charge is 2.15. The number of amides is 1. The van der Waals surface area contributed by atoms with Gasteiger partial charge < -0.3 is 23.8 Å². The topological polar surface area (TPSA) is 74.3 Å². The van der Waals surface area contributed by atoms with E-state index in [2.05, 4.69) is 4.74 Å². The molecule has 0 aliphatic carbocycles. The lowest BCUT2D eigenvalue weighted by atomic mass is 10.2. The Kier molecular flexibility index (Phi) is 8.33. The fourth-order valence-electron chi connectivity index (χ4n) is 2.72. The Bertz CT molecular complexity index is 819. The van der Waals surface area contributed by atoms with Crippen LogP contribution in [0.25, 0.3) is 0 Å². The minimum atomic E-state index is -0.421. The highest BCUT2D eigenvalue weighted by atomic mass is 16.5. The number of likely N-dealkylation sites (N-methyl/N-ethyl adjacent to an activating group) is 1. The van der Waals surface area contributed by atoms with E-state index in [1.54, 1.807) is 36.3 Å². The smallest absolute Gasteiger partial charge is 0.337 e. The minimum Gasteiger partial charge on any atom is -0.493 e. The normalized spacial score (nSPS) is 10.2. The zero-order chi connectivity index (χ0) is 21.2. The zero-order valence-electron chi connectivity index (χ0n) is 17.3. The lowest BCUT2D eigenvalue weighted by Gasteiger charge is -2.22. The van der Waals surface area contributed by atoms with Crippen molar-refractivity contribution < 1.29 is 28.5 Å². The van der Waals surface area contributed by atoms with Crippen LogP contribution in [-0.4, -0.2) is 50.8 Å². The monoisotopic (exact) mass is 401 g/mol. The molecule has 0 heterocycles. The zero-order valence-corrected chi connectivity index (χ0v) is 17.3. The molecule has 2 aromatic carbocycles. The van der Waals surface area contributed by atoms with Gasteiger partial charge in [-0.05, 0) is 55.8 Å². The van der Waals surface area contributed by atoms with Gasteiger partial charge >= 0.3 is 5.97 Å². The maximum atomic E-state index is 12.6. The summed E-state index contributed by atoms with van der Waals surface area (Å²) in [6.45, 7) is 5.25. The number of hydrogen-bond donors (Lipinski definition) is 0. The predicted molar refractivity (Wildman–Crippen MR) is 109 cm³/mol. The molecule has 2 rings (SSSR count). The van der Waals surface area contributed by atoms with Crippen LogP contribution in [0.3, 0.4) is 0 Å². The van der Waals surface area contributed by atoms with Gasteiger partial charge in [-0.2, -0.15) is 0 Å². The van der Waals surface area contributed by atoms with Gasteiger partial charge in [0.2, 0.25) is 0 Å². The molecular weight excluding hydrogens is 374 g/mol. The lowest BCUT2D eigenvalue weighted by Crippen LogP contribution is -2.34. The Labute approximate surface area is 171 Å². The van der Waals surface area contributed by atoms with Crippen LogP contribution < -0.4 is 14.2 Å². The molecule has 0 unspecified atom stereocenters. The first-order valence-electron chi connectivity index (χ1n) is 9.41. The molecule has 29 heavy (non-hydrogen) atoms. The van der Waals surface area contributed by atoms with Gasteiger partial charge in [0.1, 0.15) is 5.75 Å². The molecule has 7 heteroatoms. The van der Waals surface area contributed by atoms with Crippen molar-refractivity contribution >= 4 is 11.9 Å². The summed E-state index contributed by atoms with van der Waals surface area (Å²) in [6, 6.07) is 12.1. The second-order valence-electron chi connectivity index (χ2n) is 6.13. The molecule has 0 aliphatic heterocycles. The molecule has 7 nitrogen and oxygen atoms in total. The first-order chi connectivity index (χ1) is 14.0. The van der Waals surface area contributed by atoms with E-state index < -0.39 is 5.97 Å². The van der Waals surface area contributed by atoms with Gasteiger partial charge in [-0.15, -0.1) is 0 Å². The Morgan fingerprint density at radius 2 is 1.66 bits per heavy atom. The van der Waals surface area contributed by atoms with Gasteiger partial charge in [-0.3, -0.25) is 4.79 Å². The number of benzene rings is 2. The molecule has 0 N–H and O–H groups in total. The van der Waals surface area contributed by atoms with E-state index in [4.69, 9.17) is 14.2 Å². The quantitative estimate of drug-likeness (QED) is 0.569. The third-order valence-corrected chi connectivity index (χ3v) is 4.27. The fourth-order valence-corrected chi connectivity index (χ4v) is 2.72. The number of nitrogens with zero attached hydrogens (tertiary/aromatic N) is 1. The molecule has 0 saturated heterocycles. The first kappa shape index (κ1) is 22.1. The molecule has 0 radical (unpaired) electrons. The fraction of sp³-hybridized carbons (Fsp3) is 0.364. The summed E-state index contributed by atoms with van der Waals surface area (Å²) in [5, 5.41) is 0. The largest absolute Gasteiger partial charge is 0.493 e. The number of esters is 1. The van der Waals surface area contributed by atoms with Crippen molar-refractivity contribution in [1.29, 1.82) is 0 Å². The van der Waals surface area contributed by atoms with Crippen molar-refractivity contribution in [2.24, 2.45) is 0 Å². The van der Waals surface area contributed by atoms with Gasteiger partial charge in [-0.1, -0.05) is 6.07 Å². The van der Waals surface area contributed by atoms with Crippen molar-refractivity contribution in [3.8, 4) is 17.2 Å². The van der Waals surface area contributed by atoms with Crippen LogP contribution in [0.4, 0.5) is 0 Å². The van der Waals surface area contributed by atoms with Crippen molar-refractivity contribution in [2.45, 2.75) is 20.4 Å². The molecule has 0 aliphatic rings. The van der Waals surface area contributed by atoms with Crippen molar-refractivity contribution in [1.82, 2.24) is 4.90 Å². The number of methoxy groups -OCH3 is 2. The Hall–Kier alpha value is -3.22. The summed E-state index contributed by atoms with van der Waals surface area (Å²) < 4.78 is 21.1. The van der Waals surface area contributed by atoms with Crippen LogP contribution in [0.5, 0.6) is 17.2 Å². The van der Waals surface area contributed by atoms with E-state index in [9.17, 15) is 9.59 Å². The average molecular weight is 401 g/mol. The molecule has 0 saturated carbocycles. The van der Waals surface area contributed by atoms with E-state index in [0.29, 0.717) is 42.5 Å². The van der Waals surface area contributed by atoms with Gasteiger partial charge in [-0.25, -0.2) is 4.79 Å². The lowest BCUT2D eigenvalue weighted by molar-refractivity contribution is -0.133. The molecule has 0 bridgehead atoms. The molecule has 1 amide bonds. The SMILES string of the molecule is CCOc1ccc(CN(CC)C(=O)COc2ccc(C(=O)OC)cc2)cc1OC. The molecule has 0 aromatic heterocycles. The predicted octanol–water partition coefficient (Wildman–Crippen LogP) is 3.31. The van der Waals surface area contributed by atoms with Gasteiger partial charge in [0.25, 0.3) is 5.91 Å². The maximum Gasteiger partial charge on any atom is 0.337 e. The third-order valence-electron chi connectivity index (χ3n) is 4.27. The molecular formula is C22H27NO6. The highest BCUT2D eigenvalue weighted by molar-refractivity contribution is 5.89. The van der Waals surface area contributed by atoms with E-state index in [-0.39, 0.29) is 12.5 Å². The summed E-state index contributed by atoms with van der Waals surface area (Å²) in [5.74, 6) is 1.25.